The van der Waals surface area contributed by atoms with Crippen LogP contribution >= 0.6 is 0 Å². The number of benzene rings is 2. The zero-order valence-electron chi connectivity index (χ0n) is 22.1. The van der Waals surface area contributed by atoms with E-state index in [4.69, 9.17) is 14.7 Å². The second-order valence-electron chi connectivity index (χ2n) is 10.9. The molecule has 41 heavy (non-hydrogen) atoms. The number of halogens is 1. The van der Waals surface area contributed by atoms with Crippen LogP contribution in [0.5, 0.6) is 11.5 Å². The van der Waals surface area contributed by atoms with Crippen LogP contribution in [0.25, 0.3) is 33.7 Å². The second kappa shape index (κ2) is 10.3. The number of aromatic nitrogens is 4. The van der Waals surface area contributed by atoms with Crippen LogP contribution < -0.4 is 10.1 Å². The Hall–Kier alpha value is -4.79. The molecular weight excluding hydrogens is 521 g/mol. The Bertz CT molecular complexity index is 1720. The fourth-order valence-electron chi connectivity index (χ4n) is 6.45. The average Bonchev–Trinajstić information content (AvgIpc) is 3.41. The maximum atomic E-state index is 14.1. The number of carboxylic acid groups (broad SMARTS) is 1. The molecule has 3 aliphatic carbocycles. The molecule has 3 aromatic heterocycles. The number of carbonyl (C=O) groups is 1. The third kappa shape index (κ3) is 4.88. The van der Waals surface area contributed by atoms with Crippen LogP contribution in [0.4, 0.5) is 10.2 Å². The van der Waals surface area contributed by atoms with Crippen LogP contribution in [0.15, 0.2) is 79.1 Å². The van der Waals surface area contributed by atoms with Crippen molar-refractivity contribution in [2.45, 2.75) is 31.7 Å². The number of rotatable bonds is 7. The standard InChI is InChI=1S/C32H28FN5O3/c33-21-14-24-25(17-35-30(24)34-16-21)31-36-26(18-10-12-23(13-11-18)41-22-4-2-1-3-5-22)15-27(38-31)37-29-20-8-6-19(7-9-20)28(29)32(39)40/h1-5,10-17,19-20,28-29H,6-9H2,(H,34,35)(H,39,40)(H,36,37,38). The van der Waals surface area contributed by atoms with Crippen LogP contribution in [0.1, 0.15) is 25.7 Å². The summed E-state index contributed by atoms with van der Waals surface area (Å²) in [5, 5.41) is 14.2. The number of hydrogen-bond donors (Lipinski definition) is 3. The topological polar surface area (TPSA) is 113 Å². The van der Waals surface area contributed by atoms with Crippen molar-refractivity contribution >= 4 is 22.8 Å². The lowest BCUT2D eigenvalue weighted by Gasteiger charge is -2.47. The summed E-state index contributed by atoms with van der Waals surface area (Å²) in [4.78, 5) is 29.2. The summed E-state index contributed by atoms with van der Waals surface area (Å²) in [6.07, 6.45) is 6.80. The largest absolute Gasteiger partial charge is 0.481 e. The Morgan fingerprint density at radius 1 is 0.951 bits per heavy atom. The minimum absolute atomic E-state index is 0.163. The molecule has 2 aromatic carbocycles. The first-order valence-corrected chi connectivity index (χ1v) is 13.9. The molecule has 2 unspecified atom stereocenters. The first-order chi connectivity index (χ1) is 20.0. The molecular formula is C32H28FN5O3. The van der Waals surface area contributed by atoms with Gasteiger partial charge >= 0.3 is 5.97 Å². The maximum Gasteiger partial charge on any atom is 0.308 e. The number of ether oxygens (including phenoxy) is 1. The highest BCUT2D eigenvalue weighted by Gasteiger charge is 2.47. The lowest BCUT2D eigenvalue weighted by atomic mass is 9.61. The zero-order valence-corrected chi connectivity index (χ0v) is 22.1. The second-order valence-corrected chi connectivity index (χ2v) is 10.9. The Morgan fingerprint density at radius 3 is 2.44 bits per heavy atom. The van der Waals surface area contributed by atoms with Crippen molar-refractivity contribution in [1.29, 1.82) is 0 Å². The average molecular weight is 550 g/mol. The van der Waals surface area contributed by atoms with Gasteiger partial charge in [-0.05, 0) is 80.0 Å². The van der Waals surface area contributed by atoms with Crippen molar-refractivity contribution in [3.63, 3.8) is 0 Å². The normalized spacial score (nSPS) is 21.6. The molecule has 3 N–H and O–H groups in total. The number of nitrogens with one attached hydrogen (secondary N) is 2. The minimum atomic E-state index is -0.765. The monoisotopic (exact) mass is 549 g/mol. The van der Waals surface area contributed by atoms with Crippen molar-refractivity contribution in [3.8, 4) is 34.1 Å². The highest BCUT2D eigenvalue weighted by molar-refractivity contribution is 5.92. The number of anilines is 1. The molecule has 3 fully saturated rings. The fourth-order valence-corrected chi connectivity index (χ4v) is 6.45. The van der Waals surface area contributed by atoms with Crippen molar-refractivity contribution in [1.82, 2.24) is 19.9 Å². The highest BCUT2D eigenvalue weighted by atomic mass is 19.1. The number of carboxylic acids is 1. The molecule has 8 nitrogen and oxygen atoms in total. The van der Waals surface area contributed by atoms with Gasteiger partial charge in [-0.1, -0.05) is 18.2 Å². The van der Waals surface area contributed by atoms with Crippen molar-refractivity contribution < 1.29 is 19.0 Å². The van der Waals surface area contributed by atoms with Crippen molar-refractivity contribution in [2.75, 3.05) is 5.32 Å². The summed E-state index contributed by atoms with van der Waals surface area (Å²) in [5.74, 6) is 1.10. The molecule has 2 bridgehead atoms. The smallest absolute Gasteiger partial charge is 0.308 e. The fraction of sp³-hybridized carbons (Fsp3) is 0.250. The van der Waals surface area contributed by atoms with E-state index in [-0.39, 0.29) is 17.9 Å². The van der Waals surface area contributed by atoms with Gasteiger partial charge in [-0.15, -0.1) is 0 Å². The highest BCUT2D eigenvalue weighted by Crippen LogP contribution is 2.46. The SMILES string of the molecule is O=C(O)C1C2CCC(CC2)C1Nc1cc(-c2ccc(Oc3ccccc3)cc2)nc(-c2c[nH]c3ncc(F)cc23)n1. The van der Waals surface area contributed by atoms with E-state index in [0.29, 0.717) is 39.7 Å². The summed E-state index contributed by atoms with van der Waals surface area (Å²) >= 11 is 0. The molecule has 206 valence electrons. The number of aromatic amines is 1. The molecule has 0 amide bonds. The number of para-hydroxylation sites is 1. The van der Waals surface area contributed by atoms with E-state index in [9.17, 15) is 14.3 Å². The summed E-state index contributed by atoms with van der Waals surface area (Å²) in [6.45, 7) is 0. The molecule has 8 rings (SSSR count). The number of pyridine rings is 1. The van der Waals surface area contributed by atoms with Gasteiger partial charge in [0.25, 0.3) is 0 Å². The van der Waals surface area contributed by atoms with E-state index in [2.05, 4.69) is 15.3 Å². The van der Waals surface area contributed by atoms with Crippen LogP contribution in [-0.2, 0) is 4.79 Å². The quantitative estimate of drug-likeness (QED) is 0.202. The van der Waals surface area contributed by atoms with E-state index in [1.807, 2.05) is 60.7 Å². The number of hydrogen-bond acceptors (Lipinski definition) is 6. The van der Waals surface area contributed by atoms with Crippen molar-refractivity contribution in [2.24, 2.45) is 17.8 Å². The predicted octanol–water partition coefficient (Wildman–Crippen LogP) is 6.92. The van der Waals surface area contributed by atoms with Crippen molar-refractivity contribution in [3.05, 3.63) is 84.9 Å². The number of H-pyrrole nitrogens is 1. The minimum Gasteiger partial charge on any atom is -0.481 e. The lowest BCUT2D eigenvalue weighted by molar-refractivity contribution is -0.148. The summed E-state index contributed by atoms with van der Waals surface area (Å²) in [6, 6.07) is 20.2. The van der Waals surface area contributed by atoms with Gasteiger partial charge < -0.3 is 20.1 Å². The van der Waals surface area contributed by atoms with Gasteiger partial charge in [0.1, 0.15) is 28.8 Å². The zero-order chi connectivity index (χ0) is 27.9. The van der Waals surface area contributed by atoms with Crippen LogP contribution in [0.2, 0.25) is 0 Å². The predicted molar refractivity (Wildman–Crippen MR) is 153 cm³/mol. The third-order valence-corrected chi connectivity index (χ3v) is 8.41. The molecule has 3 saturated carbocycles. The number of fused-ring (bicyclic) bond motifs is 4. The van der Waals surface area contributed by atoms with Gasteiger partial charge in [-0.2, -0.15) is 0 Å². The van der Waals surface area contributed by atoms with E-state index >= 15 is 0 Å². The summed E-state index contributed by atoms with van der Waals surface area (Å²) < 4.78 is 20.1. The molecule has 3 heterocycles. The maximum absolute atomic E-state index is 14.1. The third-order valence-electron chi connectivity index (χ3n) is 8.41. The van der Waals surface area contributed by atoms with Crippen LogP contribution in [0.3, 0.4) is 0 Å². The molecule has 0 saturated heterocycles. The molecule has 0 aliphatic heterocycles. The Morgan fingerprint density at radius 2 is 1.68 bits per heavy atom. The molecule has 5 aromatic rings. The molecule has 9 heteroatoms. The molecule has 0 spiro atoms. The molecule has 3 aliphatic rings. The molecule has 2 atom stereocenters. The van der Waals surface area contributed by atoms with E-state index in [1.165, 1.54) is 6.07 Å². The Kier molecular flexibility index (Phi) is 6.34. The van der Waals surface area contributed by atoms with Gasteiger partial charge in [0.05, 0.1) is 17.8 Å². The summed E-state index contributed by atoms with van der Waals surface area (Å²) in [5.41, 5.74) is 2.63. The van der Waals surface area contributed by atoms with Gasteiger partial charge in [-0.25, -0.2) is 19.3 Å². The van der Waals surface area contributed by atoms with E-state index in [1.54, 1.807) is 6.20 Å². The lowest BCUT2D eigenvalue weighted by Crippen LogP contribution is -2.51. The first-order valence-electron chi connectivity index (χ1n) is 13.9. The number of nitrogens with zero attached hydrogens (tertiary/aromatic N) is 3. The van der Waals surface area contributed by atoms with Gasteiger partial charge in [-0.3, -0.25) is 4.79 Å². The van der Waals surface area contributed by atoms with Gasteiger partial charge in [0, 0.05) is 34.8 Å². The first kappa shape index (κ1) is 25.2. The van der Waals surface area contributed by atoms with Crippen LogP contribution in [-0.4, -0.2) is 37.1 Å². The van der Waals surface area contributed by atoms with E-state index < -0.39 is 17.7 Å². The van der Waals surface area contributed by atoms with Gasteiger partial charge in [0.15, 0.2) is 5.82 Å². The van der Waals surface area contributed by atoms with Crippen LogP contribution in [0, 0.1) is 23.6 Å². The Balaban J connectivity index is 1.28. The summed E-state index contributed by atoms with van der Waals surface area (Å²) in [7, 11) is 0. The molecule has 0 radical (unpaired) electrons. The number of aliphatic carboxylic acids is 1. The van der Waals surface area contributed by atoms with E-state index in [0.717, 1.165) is 43.2 Å². The Labute approximate surface area is 235 Å². The van der Waals surface area contributed by atoms with Gasteiger partial charge in [0.2, 0.25) is 0 Å².